The largest absolute Gasteiger partial charge is 0.378 e. The molecule has 1 heterocycles. The first-order chi connectivity index (χ1) is 7.58. The Morgan fingerprint density at radius 1 is 1.25 bits per heavy atom. The predicted octanol–water partition coefficient (Wildman–Crippen LogP) is -0.513. The maximum Gasteiger partial charge on any atom is 0.211 e. The molecule has 0 aromatic heterocycles. The van der Waals surface area contributed by atoms with Gasteiger partial charge in [0.2, 0.25) is 10.0 Å². The summed E-state index contributed by atoms with van der Waals surface area (Å²) in [5.74, 6) is -0.154. The molecular weight excluding hydrogens is 234 g/mol. The van der Waals surface area contributed by atoms with E-state index in [-0.39, 0.29) is 18.5 Å². The fourth-order valence-electron chi connectivity index (χ4n) is 1.39. The van der Waals surface area contributed by atoms with E-state index < -0.39 is 10.0 Å². The zero-order chi connectivity index (χ0) is 11.9. The summed E-state index contributed by atoms with van der Waals surface area (Å²) < 4.78 is 36.8. The normalized spacial score (nSPS) is 21.4. The van der Waals surface area contributed by atoms with Gasteiger partial charge in [-0.1, -0.05) is 0 Å². The fraction of sp³-hybridized carbons (Fsp3) is 1.00. The van der Waals surface area contributed by atoms with Crippen LogP contribution in [0.5, 0.6) is 0 Å². The minimum absolute atomic E-state index is 0.113. The summed E-state index contributed by atoms with van der Waals surface area (Å²) in [5, 5.41) is 4.80. The third-order valence-corrected chi connectivity index (χ3v) is 2.95. The molecule has 96 valence electrons. The van der Waals surface area contributed by atoms with Crippen LogP contribution in [0.2, 0.25) is 0 Å². The minimum atomic E-state index is -3.42. The van der Waals surface area contributed by atoms with Gasteiger partial charge in [-0.3, -0.25) is 0 Å². The van der Waals surface area contributed by atoms with E-state index in [1.165, 1.54) is 0 Å². The van der Waals surface area contributed by atoms with Crippen LogP contribution in [0, 0.1) is 0 Å². The lowest BCUT2D eigenvalue weighted by Crippen LogP contribution is -2.21. The standard InChI is InChI=1S/C9H19NO5S/c10-16(11,12)7-6-13-4-5-14-8-9-2-1-3-15-9/h9H,1-8H2,(H2,10,11,12). The van der Waals surface area contributed by atoms with Crippen molar-refractivity contribution in [3.05, 3.63) is 0 Å². The van der Waals surface area contributed by atoms with E-state index >= 15 is 0 Å². The maximum absolute atomic E-state index is 10.5. The first-order valence-electron chi connectivity index (χ1n) is 5.35. The molecule has 1 rings (SSSR count). The zero-order valence-electron chi connectivity index (χ0n) is 9.26. The quantitative estimate of drug-likeness (QED) is 0.588. The molecule has 0 bridgehead atoms. The average molecular weight is 253 g/mol. The molecule has 0 aromatic carbocycles. The minimum Gasteiger partial charge on any atom is -0.378 e. The molecule has 1 aliphatic rings. The summed E-state index contributed by atoms with van der Waals surface area (Å²) in [5.41, 5.74) is 0. The van der Waals surface area contributed by atoms with Crippen LogP contribution in [-0.2, 0) is 24.2 Å². The molecule has 1 unspecified atom stereocenters. The van der Waals surface area contributed by atoms with Crippen LogP contribution in [0.3, 0.4) is 0 Å². The Labute approximate surface area is 96.1 Å². The molecule has 0 saturated carbocycles. The summed E-state index contributed by atoms with van der Waals surface area (Å²) >= 11 is 0. The second-order valence-electron chi connectivity index (χ2n) is 3.69. The number of hydrogen-bond acceptors (Lipinski definition) is 5. The van der Waals surface area contributed by atoms with Crippen molar-refractivity contribution >= 4 is 10.0 Å². The highest BCUT2D eigenvalue weighted by molar-refractivity contribution is 7.89. The third kappa shape index (κ3) is 7.13. The number of nitrogens with two attached hydrogens (primary N) is 1. The highest BCUT2D eigenvalue weighted by Crippen LogP contribution is 2.11. The van der Waals surface area contributed by atoms with Crippen LogP contribution in [0.15, 0.2) is 0 Å². The van der Waals surface area contributed by atoms with Gasteiger partial charge in [-0.05, 0) is 12.8 Å². The lowest BCUT2D eigenvalue weighted by molar-refractivity contribution is -0.00506. The van der Waals surface area contributed by atoms with Crippen LogP contribution < -0.4 is 5.14 Å². The Morgan fingerprint density at radius 2 is 2.00 bits per heavy atom. The summed E-state index contributed by atoms with van der Waals surface area (Å²) in [6.07, 6.45) is 2.36. The van der Waals surface area contributed by atoms with Gasteiger partial charge in [-0.2, -0.15) is 0 Å². The van der Waals surface area contributed by atoms with Gasteiger partial charge in [0.15, 0.2) is 0 Å². The second-order valence-corrected chi connectivity index (χ2v) is 5.42. The first kappa shape index (κ1) is 13.9. The molecule has 0 amide bonds. The van der Waals surface area contributed by atoms with Crippen molar-refractivity contribution in [1.82, 2.24) is 0 Å². The molecule has 0 aromatic rings. The molecule has 2 N–H and O–H groups in total. The summed E-state index contributed by atoms with van der Waals surface area (Å²) in [6.45, 7) is 2.34. The number of ether oxygens (including phenoxy) is 3. The first-order valence-corrected chi connectivity index (χ1v) is 7.07. The summed E-state index contributed by atoms with van der Waals surface area (Å²) in [7, 11) is -3.42. The molecular formula is C9H19NO5S. The Morgan fingerprint density at radius 3 is 2.62 bits per heavy atom. The average Bonchev–Trinajstić information content (AvgIpc) is 2.67. The van der Waals surface area contributed by atoms with E-state index in [1.807, 2.05) is 0 Å². The van der Waals surface area contributed by atoms with Crippen LogP contribution in [0.1, 0.15) is 12.8 Å². The Kier molecular flexibility index (Phi) is 6.22. The summed E-state index contributed by atoms with van der Waals surface area (Å²) in [4.78, 5) is 0. The van der Waals surface area contributed by atoms with Gasteiger partial charge in [0, 0.05) is 6.61 Å². The maximum atomic E-state index is 10.5. The van der Waals surface area contributed by atoms with Gasteiger partial charge in [0.05, 0.1) is 38.3 Å². The van der Waals surface area contributed by atoms with Gasteiger partial charge >= 0.3 is 0 Å². The third-order valence-electron chi connectivity index (χ3n) is 2.21. The molecule has 0 aliphatic carbocycles. The van der Waals surface area contributed by atoms with Crippen molar-refractivity contribution in [2.24, 2.45) is 5.14 Å². The van der Waals surface area contributed by atoms with Crippen molar-refractivity contribution in [2.45, 2.75) is 18.9 Å². The molecule has 1 fully saturated rings. The molecule has 0 spiro atoms. The Balaban J connectivity index is 1.84. The van der Waals surface area contributed by atoms with Gasteiger partial charge in [-0.15, -0.1) is 0 Å². The number of rotatable bonds is 8. The monoisotopic (exact) mass is 253 g/mol. The predicted molar refractivity (Wildman–Crippen MR) is 58.6 cm³/mol. The van der Waals surface area contributed by atoms with Crippen LogP contribution in [0.25, 0.3) is 0 Å². The van der Waals surface area contributed by atoms with Crippen molar-refractivity contribution < 1.29 is 22.6 Å². The van der Waals surface area contributed by atoms with Gasteiger partial charge in [0.25, 0.3) is 0 Å². The molecule has 1 saturated heterocycles. The zero-order valence-corrected chi connectivity index (χ0v) is 10.1. The second kappa shape index (κ2) is 7.18. The number of hydrogen-bond donors (Lipinski definition) is 1. The van der Waals surface area contributed by atoms with Crippen LogP contribution in [0.4, 0.5) is 0 Å². The smallest absolute Gasteiger partial charge is 0.211 e. The van der Waals surface area contributed by atoms with E-state index in [9.17, 15) is 8.42 Å². The highest BCUT2D eigenvalue weighted by Gasteiger charge is 2.14. The van der Waals surface area contributed by atoms with E-state index in [0.29, 0.717) is 19.8 Å². The van der Waals surface area contributed by atoms with Crippen molar-refractivity contribution in [1.29, 1.82) is 0 Å². The number of sulfonamides is 1. The van der Waals surface area contributed by atoms with Crippen molar-refractivity contribution in [2.75, 3.05) is 38.8 Å². The van der Waals surface area contributed by atoms with Crippen molar-refractivity contribution in [3.63, 3.8) is 0 Å². The van der Waals surface area contributed by atoms with Gasteiger partial charge in [0.1, 0.15) is 0 Å². The Bertz CT molecular complexity index is 274. The Hall–Kier alpha value is -0.210. The van der Waals surface area contributed by atoms with Crippen LogP contribution >= 0.6 is 0 Å². The lowest BCUT2D eigenvalue weighted by Gasteiger charge is -2.09. The molecule has 7 heteroatoms. The molecule has 1 atom stereocenters. The fourth-order valence-corrected chi connectivity index (χ4v) is 1.74. The van der Waals surface area contributed by atoms with E-state index in [0.717, 1.165) is 19.4 Å². The van der Waals surface area contributed by atoms with Crippen LogP contribution in [-0.4, -0.2) is 53.3 Å². The van der Waals surface area contributed by atoms with Crippen molar-refractivity contribution in [3.8, 4) is 0 Å². The highest BCUT2D eigenvalue weighted by atomic mass is 32.2. The molecule has 6 nitrogen and oxygen atoms in total. The molecule has 0 radical (unpaired) electrons. The molecule has 16 heavy (non-hydrogen) atoms. The summed E-state index contributed by atoms with van der Waals surface area (Å²) in [6, 6.07) is 0. The topological polar surface area (TPSA) is 87.9 Å². The van der Waals surface area contributed by atoms with E-state index in [2.05, 4.69) is 0 Å². The SMILES string of the molecule is NS(=O)(=O)CCOCCOCC1CCCO1. The van der Waals surface area contributed by atoms with E-state index in [4.69, 9.17) is 19.3 Å². The van der Waals surface area contributed by atoms with Gasteiger partial charge < -0.3 is 14.2 Å². The van der Waals surface area contributed by atoms with E-state index in [1.54, 1.807) is 0 Å². The number of primary sulfonamides is 1. The molecule has 1 aliphatic heterocycles. The lowest BCUT2D eigenvalue weighted by atomic mass is 10.2. The van der Waals surface area contributed by atoms with Gasteiger partial charge in [-0.25, -0.2) is 13.6 Å².